The van der Waals surface area contributed by atoms with E-state index >= 15 is 0 Å². The lowest BCUT2D eigenvalue weighted by atomic mass is 10.1. The quantitative estimate of drug-likeness (QED) is 0.598. The summed E-state index contributed by atoms with van der Waals surface area (Å²) in [7, 11) is 0. The lowest BCUT2D eigenvalue weighted by Crippen LogP contribution is -2.33. The van der Waals surface area contributed by atoms with Crippen molar-refractivity contribution in [3.05, 3.63) is 32.6 Å². The first kappa shape index (κ1) is 16.3. The molecule has 3 rings (SSSR count). The Kier molecular flexibility index (Phi) is 4.09. The van der Waals surface area contributed by atoms with Gasteiger partial charge >= 0.3 is 5.97 Å². The van der Waals surface area contributed by atoms with Crippen LogP contribution in [-0.4, -0.2) is 38.7 Å². The summed E-state index contributed by atoms with van der Waals surface area (Å²) in [6, 6.07) is 2.99. The van der Waals surface area contributed by atoms with Gasteiger partial charge in [0.25, 0.3) is 11.8 Å². The predicted molar refractivity (Wildman–Crippen MR) is 91.5 cm³/mol. The highest BCUT2D eigenvalue weighted by Crippen LogP contribution is 2.45. The molecule has 0 spiro atoms. The predicted octanol–water partition coefficient (Wildman–Crippen LogP) is 2.60. The van der Waals surface area contributed by atoms with Gasteiger partial charge in [0.2, 0.25) is 0 Å². The highest BCUT2D eigenvalue weighted by atomic mass is 35.5. The van der Waals surface area contributed by atoms with Crippen LogP contribution in [0, 0.1) is 0 Å². The molecule has 0 bridgehead atoms. The van der Waals surface area contributed by atoms with E-state index in [1.165, 1.54) is 12.1 Å². The number of aliphatic carboxylic acids is 1. The second-order valence-electron chi connectivity index (χ2n) is 4.62. The minimum Gasteiger partial charge on any atom is -0.480 e. The van der Waals surface area contributed by atoms with Gasteiger partial charge in [-0.05, 0) is 12.1 Å². The Morgan fingerprint density at radius 2 is 2.04 bits per heavy atom. The molecule has 10 heteroatoms. The molecule has 2 heterocycles. The van der Waals surface area contributed by atoms with Crippen LogP contribution < -0.4 is 5.32 Å². The molecule has 1 aromatic carbocycles. The number of benzene rings is 1. The van der Waals surface area contributed by atoms with E-state index in [9.17, 15) is 14.4 Å². The molecular weight excluding hydrogens is 383 g/mol. The summed E-state index contributed by atoms with van der Waals surface area (Å²) in [4.78, 5) is 36.5. The average Bonchev–Trinajstić information content (AvgIpc) is 2.90. The van der Waals surface area contributed by atoms with Gasteiger partial charge in [-0.2, -0.15) is 0 Å². The van der Waals surface area contributed by atoms with Gasteiger partial charge in [0, 0.05) is 10.6 Å². The summed E-state index contributed by atoms with van der Waals surface area (Å²) in [6.07, 6.45) is 0. The molecule has 0 aliphatic carbocycles. The fraction of sp³-hybridized carbons (Fsp3) is 0.0769. The van der Waals surface area contributed by atoms with Crippen molar-refractivity contribution < 1.29 is 19.5 Å². The third kappa shape index (κ3) is 2.72. The number of nitrogens with zero attached hydrogens (tertiary/aromatic N) is 1. The number of anilines is 1. The number of carbonyl (C=O) groups excluding carboxylic acids is 2. The Balaban J connectivity index is 2.14. The van der Waals surface area contributed by atoms with E-state index in [1.54, 1.807) is 0 Å². The molecule has 0 radical (unpaired) electrons. The lowest BCUT2D eigenvalue weighted by molar-refractivity contribution is -0.140. The molecule has 23 heavy (non-hydrogen) atoms. The molecule has 1 fully saturated rings. The van der Waals surface area contributed by atoms with E-state index in [4.69, 9.17) is 40.5 Å². The van der Waals surface area contributed by atoms with Gasteiger partial charge in [-0.1, -0.05) is 47.2 Å². The van der Waals surface area contributed by atoms with Gasteiger partial charge in [0.15, 0.2) is 0 Å². The van der Waals surface area contributed by atoms with Gasteiger partial charge < -0.3 is 10.4 Å². The fourth-order valence-electron chi connectivity index (χ4n) is 2.24. The van der Waals surface area contributed by atoms with Crippen molar-refractivity contribution in [2.45, 2.75) is 0 Å². The number of carboxylic acid groups (broad SMARTS) is 1. The minimum absolute atomic E-state index is 0.0610. The molecule has 2 amide bonds. The number of rotatable bonds is 2. The zero-order valence-electron chi connectivity index (χ0n) is 11.1. The summed E-state index contributed by atoms with van der Waals surface area (Å²) in [5.41, 5.74) is 0.845. The maximum atomic E-state index is 12.4. The second kappa shape index (κ2) is 5.79. The average molecular weight is 389 g/mol. The van der Waals surface area contributed by atoms with E-state index < -0.39 is 24.3 Å². The fourth-order valence-corrected chi connectivity index (χ4v) is 4.12. The van der Waals surface area contributed by atoms with Crippen molar-refractivity contribution in [2.24, 2.45) is 0 Å². The van der Waals surface area contributed by atoms with Crippen molar-refractivity contribution in [3.8, 4) is 0 Å². The van der Waals surface area contributed by atoms with Gasteiger partial charge in [-0.15, -0.1) is 0 Å². The number of hydrogen-bond donors (Lipinski definition) is 2. The van der Waals surface area contributed by atoms with Crippen LogP contribution in [-0.2, 0) is 14.4 Å². The first-order valence-corrected chi connectivity index (χ1v) is 8.08. The van der Waals surface area contributed by atoms with Crippen LogP contribution in [0.2, 0.25) is 10.0 Å². The normalized spacial score (nSPS) is 20.1. The standard InChI is InChI=1S/C13H6Cl2N2O4S2/c14-4-1-5-8(11(20)16-9(5)6(15)2-4)10-12(21)17(3-7(18)19)13(22)23-10/h1-2H,3H2,(H,16,20)(H,18,19)/b10-8-. The second-order valence-corrected chi connectivity index (χ2v) is 7.11. The Morgan fingerprint density at radius 3 is 2.70 bits per heavy atom. The summed E-state index contributed by atoms with van der Waals surface area (Å²) in [5.74, 6) is -2.34. The van der Waals surface area contributed by atoms with E-state index in [0.717, 1.165) is 16.7 Å². The van der Waals surface area contributed by atoms with Crippen LogP contribution in [0.25, 0.3) is 5.57 Å². The van der Waals surface area contributed by atoms with E-state index in [-0.39, 0.29) is 19.8 Å². The molecule has 0 aromatic heterocycles. The number of thioether (sulfide) groups is 1. The number of thiocarbonyl (C=S) groups is 1. The Bertz CT molecular complexity index is 838. The molecule has 6 nitrogen and oxygen atoms in total. The topological polar surface area (TPSA) is 86.7 Å². The van der Waals surface area contributed by atoms with Gasteiger partial charge in [-0.25, -0.2) is 0 Å². The molecule has 1 saturated heterocycles. The van der Waals surface area contributed by atoms with Crippen LogP contribution in [0.1, 0.15) is 5.56 Å². The summed E-state index contributed by atoms with van der Waals surface area (Å²) < 4.78 is 0.0780. The van der Waals surface area contributed by atoms with Crippen molar-refractivity contribution in [1.29, 1.82) is 0 Å². The summed E-state index contributed by atoms with van der Waals surface area (Å²) >= 11 is 17.9. The molecule has 2 N–H and O–H groups in total. The SMILES string of the molecule is O=C(O)CN1C(=O)/C(=C2/C(=O)Nc3c(Cl)cc(Cl)cc32)SC1=S. The zero-order chi connectivity index (χ0) is 16.9. The minimum atomic E-state index is -1.20. The Hall–Kier alpha value is -1.61. The first-order chi connectivity index (χ1) is 10.8. The van der Waals surface area contributed by atoms with Crippen molar-refractivity contribution in [3.63, 3.8) is 0 Å². The van der Waals surface area contributed by atoms with Gasteiger partial charge in [-0.3, -0.25) is 19.3 Å². The smallest absolute Gasteiger partial charge is 0.323 e. The van der Waals surface area contributed by atoms with Crippen molar-refractivity contribution in [2.75, 3.05) is 11.9 Å². The van der Waals surface area contributed by atoms with Gasteiger partial charge in [0.05, 0.1) is 21.2 Å². The van der Waals surface area contributed by atoms with Crippen LogP contribution in [0.5, 0.6) is 0 Å². The highest BCUT2D eigenvalue weighted by molar-refractivity contribution is 8.26. The molecule has 2 aliphatic rings. The van der Waals surface area contributed by atoms with E-state index in [1.807, 2.05) is 0 Å². The Labute approximate surface area is 149 Å². The molecule has 0 saturated carbocycles. The molecule has 0 unspecified atom stereocenters. The van der Waals surface area contributed by atoms with Crippen LogP contribution in [0.3, 0.4) is 0 Å². The van der Waals surface area contributed by atoms with Crippen molar-refractivity contribution in [1.82, 2.24) is 4.90 Å². The molecule has 2 aliphatic heterocycles. The number of fused-ring (bicyclic) bond motifs is 1. The van der Waals surface area contributed by atoms with E-state index in [0.29, 0.717) is 16.3 Å². The maximum absolute atomic E-state index is 12.4. The van der Waals surface area contributed by atoms with Crippen LogP contribution >= 0.6 is 47.2 Å². The highest BCUT2D eigenvalue weighted by Gasteiger charge is 2.40. The molecule has 0 atom stereocenters. The third-order valence-electron chi connectivity index (χ3n) is 3.16. The monoisotopic (exact) mass is 388 g/mol. The number of halogens is 2. The van der Waals surface area contributed by atoms with E-state index in [2.05, 4.69) is 5.32 Å². The molecule has 1 aromatic rings. The zero-order valence-corrected chi connectivity index (χ0v) is 14.2. The number of amides is 2. The Morgan fingerprint density at radius 1 is 1.35 bits per heavy atom. The number of nitrogens with one attached hydrogen (secondary N) is 1. The first-order valence-electron chi connectivity index (χ1n) is 6.10. The lowest BCUT2D eigenvalue weighted by Gasteiger charge is -2.10. The van der Waals surface area contributed by atoms with Crippen LogP contribution in [0.15, 0.2) is 17.0 Å². The third-order valence-corrected chi connectivity index (χ3v) is 5.12. The summed E-state index contributed by atoms with van der Waals surface area (Å²) in [5, 5.41) is 12.0. The molecule has 118 valence electrons. The maximum Gasteiger partial charge on any atom is 0.323 e. The van der Waals surface area contributed by atoms with Crippen LogP contribution in [0.4, 0.5) is 5.69 Å². The molecular formula is C13H6Cl2N2O4S2. The number of carboxylic acids is 1. The van der Waals surface area contributed by atoms with Gasteiger partial charge in [0.1, 0.15) is 10.9 Å². The number of hydrogen-bond acceptors (Lipinski definition) is 5. The van der Waals surface area contributed by atoms with Crippen molar-refractivity contribution >= 4 is 80.5 Å². The number of carbonyl (C=O) groups is 3. The summed E-state index contributed by atoms with van der Waals surface area (Å²) in [6.45, 7) is -0.563. The largest absolute Gasteiger partial charge is 0.480 e.